The van der Waals surface area contributed by atoms with Gasteiger partial charge in [0, 0.05) is 6.42 Å². The van der Waals surface area contributed by atoms with E-state index in [2.05, 4.69) is 6.58 Å². The monoisotopic (exact) mass is 516 g/mol. The van der Waals surface area contributed by atoms with Crippen LogP contribution in [0.4, 0.5) is 0 Å². The summed E-state index contributed by atoms with van der Waals surface area (Å²) in [7, 11) is 0. The molecule has 5 rings (SSSR count). The van der Waals surface area contributed by atoms with Crippen LogP contribution in [0.1, 0.15) is 23.1 Å². The summed E-state index contributed by atoms with van der Waals surface area (Å²) < 4.78 is 31.1. The van der Waals surface area contributed by atoms with Crippen LogP contribution in [0.15, 0.2) is 104 Å². The summed E-state index contributed by atoms with van der Waals surface area (Å²) >= 11 is 0. The lowest BCUT2D eigenvalue weighted by Gasteiger charge is -2.44. The van der Waals surface area contributed by atoms with E-state index in [-0.39, 0.29) is 12.2 Å². The summed E-state index contributed by atoms with van der Waals surface area (Å²) in [6, 6.07) is 30.0. The number of epoxide rings is 1. The largest absolute Gasteiger partial charge is 0.388 e. The van der Waals surface area contributed by atoms with Gasteiger partial charge in [0.05, 0.1) is 38.6 Å². The van der Waals surface area contributed by atoms with Crippen molar-refractivity contribution in [2.24, 2.45) is 0 Å². The number of aliphatic hydroxyl groups is 1. The van der Waals surface area contributed by atoms with E-state index in [9.17, 15) is 5.11 Å². The average Bonchev–Trinajstić information content (AvgIpc) is 3.73. The molecule has 2 aliphatic rings. The van der Waals surface area contributed by atoms with Crippen LogP contribution in [0.25, 0.3) is 0 Å². The van der Waals surface area contributed by atoms with Crippen molar-refractivity contribution in [1.82, 2.24) is 0 Å². The number of hydrogen-bond acceptors (Lipinski definition) is 6. The molecule has 0 bridgehead atoms. The molecule has 0 aromatic heterocycles. The van der Waals surface area contributed by atoms with Gasteiger partial charge in [-0.2, -0.15) is 0 Å². The molecule has 0 radical (unpaired) electrons. The van der Waals surface area contributed by atoms with Crippen LogP contribution in [0.3, 0.4) is 0 Å². The molecule has 0 unspecified atom stereocenters. The van der Waals surface area contributed by atoms with Gasteiger partial charge in [0.15, 0.2) is 0 Å². The highest BCUT2D eigenvalue weighted by molar-refractivity contribution is 5.15. The first-order valence-corrected chi connectivity index (χ1v) is 13.3. The lowest BCUT2D eigenvalue weighted by molar-refractivity contribution is -0.262. The minimum atomic E-state index is -0.889. The topological polar surface area (TPSA) is 69.7 Å². The van der Waals surface area contributed by atoms with Crippen molar-refractivity contribution in [3.05, 3.63) is 120 Å². The molecule has 7 atom stereocenters. The normalized spacial score (nSPS) is 28.6. The minimum absolute atomic E-state index is 0.00526. The van der Waals surface area contributed by atoms with Crippen molar-refractivity contribution in [2.45, 2.75) is 69.0 Å². The average molecular weight is 517 g/mol. The SMILES string of the molecule is C=C[C@@H]1O[C@H]1C[C@H]1O[C@H](COCc2ccccc2)[C@@H](OCc2ccccc2)[C@H](OCc2ccccc2)[C@H]1O. The second-order valence-electron chi connectivity index (χ2n) is 9.84. The maximum absolute atomic E-state index is 11.5. The van der Waals surface area contributed by atoms with Gasteiger partial charge in [0.1, 0.15) is 30.5 Å². The minimum Gasteiger partial charge on any atom is -0.388 e. The van der Waals surface area contributed by atoms with Gasteiger partial charge in [-0.1, -0.05) is 97.1 Å². The van der Waals surface area contributed by atoms with E-state index in [1.54, 1.807) is 6.08 Å². The molecule has 0 aliphatic carbocycles. The summed E-state index contributed by atoms with van der Waals surface area (Å²) in [6.07, 6.45) is -0.632. The summed E-state index contributed by atoms with van der Waals surface area (Å²) in [5, 5.41) is 11.5. The van der Waals surface area contributed by atoms with Crippen LogP contribution >= 0.6 is 0 Å². The third-order valence-electron chi connectivity index (χ3n) is 7.04. The summed E-state index contributed by atoms with van der Waals surface area (Å²) in [6.45, 7) is 5.31. The first-order chi connectivity index (χ1) is 18.7. The third kappa shape index (κ3) is 7.17. The van der Waals surface area contributed by atoms with Crippen molar-refractivity contribution in [3.63, 3.8) is 0 Å². The first kappa shape index (κ1) is 26.8. The Bertz CT molecular complexity index is 1110. The van der Waals surface area contributed by atoms with E-state index in [1.165, 1.54) is 0 Å². The quantitative estimate of drug-likeness (QED) is 0.259. The van der Waals surface area contributed by atoms with Crippen molar-refractivity contribution >= 4 is 0 Å². The zero-order valence-electron chi connectivity index (χ0n) is 21.5. The molecule has 2 aliphatic heterocycles. The molecular formula is C32H36O6. The Morgan fingerprint density at radius 3 is 1.71 bits per heavy atom. The van der Waals surface area contributed by atoms with Crippen LogP contribution in [-0.2, 0) is 43.5 Å². The molecule has 38 heavy (non-hydrogen) atoms. The van der Waals surface area contributed by atoms with Gasteiger partial charge in [-0.15, -0.1) is 6.58 Å². The molecule has 3 aromatic rings. The molecule has 6 nitrogen and oxygen atoms in total. The van der Waals surface area contributed by atoms with E-state index in [0.29, 0.717) is 32.8 Å². The van der Waals surface area contributed by atoms with Crippen LogP contribution in [-0.4, -0.2) is 54.4 Å². The molecule has 3 aromatic carbocycles. The predicted molar refractivity (Wildman–Crippen MR) is 144 cm³/mol. The van der Waals surface area contributed by atoms with Crippen LogP contribution in [0.5, 0.6) is 0 Å². The molecule has 0 amide bonds. The van der Waals surface area contributed by atoms with Crippen molar-refractivity contribution in [2.75, 3.05) is 6.61 Å². The van der Waals surface area contributed by atoms with Gasteiger partial charge < -0.3 is 28.8 Å². The number of hydrogen-bond donors (Lipinski definition) is 1. The van der Waals surface area contributed by atoms with E-state index in [0.717, 1.165) is 16.7 Å². The maximum Gasteiger partial charge on any atom is 0.115 e. The van der Waals surface area contributed by atoms with Crippen molar-refractivity contribution in [3.8, 4) is 0 Å². The van der Waals surface area contributed by atoms with Crippen LogP contribution in [0, 0.1) is 0 Å². The Labute approximate surface area is 224 Å². The van der Waals surface area contributed by atoms with Gasteiger partial charge in [-0.25, -0.2) is 0 Å². The number of rotatable bonds is 13. The van der Waals surface area contributed by atoms with Crippen LogP contribution in [0.2, 0.25) is 0 Å². The number of ether oxygens (including phenoxy) is 5. The zero-order chi connectivity index (χ0) is 26.2. The Morgan fingerprint density at radius 2 is 1.18 bits per heavy atom. The van der Waals surface area contributed by atoms with Gasteiger partial charge in [-0.05, 0) is 16.7 Å². The van der Waals surface area contributed by atoms with Gasteiger partial charge in [0.2, 0.25) is 0 Å². The van der Waals surface area contributed by atoms with Crippen LogP contribution < -0.4 is 0 Å². The van der Waals surface area contributed by atoms with Gasteiger partial charge >= 0.3 is 0 Å². The summed E-state index contributed by atoms with van der Waals surface area (Å²) in [5.74, 6) is 0. The Kier molecular flexibility index (Phi) is 9.36. The first-order valence-electron chi connectivity index (χ1n) is 13.3. The smallest absolute Gasteiger partial charge is 0.115 e. The molecule has 0 saturated carbocycles. The van der Waals surface area contributed by atoms with Crippen molar-refractivity contribution < 1.29 is 28.8 Å². The highest BCUT2D eigenvalue weighted by Crippen LogP contribution is 2.35. The van der Waals surface area contributed by atoms with E-state index < -0.39 is 30.5 Å². The fourth-order valence-corrected chi connectivity index (χ4v) is 4.91. The zero-order valence-corrected chi connectivity index (χ0v) is 21.5. The highest BCUT2D eigenvalue weighted by atomic mass is 16.6. The van der Waals surface area contributed by atoms with E-state index in [1.807, 2.05) is 91.0 Å². The molecule has 2 saturated heterocycles. The standard InChI is InChI=1S/C32H36O6/c1-2-26-27(37-26)18-28-30(33)32(36-21-25-16-10-5-11-17-25)31(35-20-24-14-8-4-9-15-24)29(38-28)22-34-19-23-12-6-3-7-13-23/h2-17,26-33H,1,18-22H2/t26-,27-,28+,29+,30-,31+,32+/m0/s1. The van der Waals surface area contributed by atoms with E-state index >= 15 is 0 Å². The number of aliphatic hydroxyl groups excluding tert-OH is 1. The molecule has 2 fully saturated rings. The lowest BCUT2D eigenvalue weighted by Crippen LogP contribution is -2.60. The Balaban J connectivity index is 1.33. The van der Waals surface area contributed by atoms with Gasteiger partial charge in [-0.3, -0.25) is 0 Å². The fraction of sp³-hybridized carbons (Fsp3) is 0.375. The second-order valence-corrected chi connectivity index (χ2v) is 9.84. The summed E-state index contributed by atoms with van der Waals surface area (Å²) in [5.41, 5.74) is 3.15. The Hall–Kier alpha value is -2.84. The second kappa shape index (κ2) is 13.3. The molecule has 6 heteroatoms. The van der Waals surface area contributed by atoms with Gasteiger partial charge in [0.25, 0.3) is 0 Å². The molecular weight excluding hydrogens is 480 g/mol. The highest BCUT2D eigenvalue weighted by Gasteiger charge is 2.50. The lowest BCUT2D eigenvalue weighted by atomic mass is 9.91. The maximum atomic E-state index is 11.5. The number of benzene rings is 3. The molecule has 2 heterocycles. The summed E-state index contributed by atoms with van der Waals surface area (Å²) in [4.78, 5) is 0. The van der Waals surface area contributed by atoms with E-state index in [4.69, 9.17) is 23.7 Å². The third-order valence-corrected chi connectivity index (χ3v) is 7.04. The fourth-order valence-electron chi connectivity index (χ4n) is 4.91. The molecule has 1 N–H and O–H groups in total. The Morgan fingerprint density at radius 1 is 0.658 bits per heavy atom. The molecule has 0 spiro atoms. The van der Waals surface area contributed by atoms with Crippen molar-refractivity contribution in [1.29, 1.82) is 0 Å². The predicted octanol–water partition coefficient (Wildman–Crippen LogP) is 4.85. The molecule has 200 valence electrons.